The SMILES string of the molecule is CCOC(=O)c1nc2sc3cc(O)ccc3n2c1CO. The van der Waals surface area contributed by atoms with E-state index in [9.17, 15) is 15.0 Å². The molecule has 1 aromatic carbocycles. The van der Waals surface area contributed by atoms with Crippen molar-refractivity contribution in [1.82, 2.24) is 9.38 Å². The fraction of sp³-hybridized carbons (Fsp3) is 0.231. The first-order valence-corrected chi connectivity index (χ1v) is 6.88. The van der Waals surface area contributed by atoms with E-state index in [1.165, 1.54) is 11.3 Å². The molecule has 3 aromatic rings. The normalized spacial score (nSPS) is 11.3. The maximum Gasteiger partial charge on any atom is 0.358 e. The third-order valence-electron chi connectivity index (χ3n) is 2.95. The molecule has 0 bridgehead atoms. The highest BCUT2D eigenvalue weighted by Gasteiger charge is 2.22. The van der Waals surface area contributed by atoms with Gasteiger partial charge in [-0.3, -0.25) is 4.40 Å². The molecule has 0 spiro atoms. The van der Waals surface area contributed by atoms with Gasteiger partial charge in [-0.25, -0.2) is 9.78 Å². The Balaban J connectivity index is 2.28. The molecule has 0 unspecified atom stereocenters. The summed E-state index contributed by atoms with van der Waals surface area (Å²) in [5, 5.41) is 19.0. The van der Waals surface area contributed by atoms with Crippen LogP contribution in [0.1, 0.15) is 23.1 Å². The minimum atomic E-state index is -0.542. The third-order valence-corrected chi connectivity index (χ3v) is 3.95. The number of carbonyl (C=O) groups is 1. The van der Waals surface area contributed by atoms with Crippen molar-refractivity contribution in [3.8, 4) is 5.75 Å². The first-order valence-electron chi connectivity index (χ1n) is 6.06. The van der Waals surface area contributed by atoms with Crippen molar-refractivity contribution >= 4 is 32.5 Å². The summed E-state index contributed by atoms with van der Waals surface area (Å²) >= 11 is 1.33. The highest BCUT2D eigenvalue weighted by molar-refractivity contribution is 7.23. The van der Waals surface area contributed by atoms with Gasteiger partial charge in [-0.1, -0.05) is 11.3 Å². The number of ether oxygens (including phenoxy) is 1. The average Bonchev–Trinajstić information content (AvgIpc) is 2.93. The number of carbonyl (C=O) groups excluding carboxylic acids is 1. The van der Waals surface area contributed by atoms with E-state index < -0.39 is 5.97 Å². The summed E-state index contributed by atoms with van der Waals surface area (Å²) in [5.41, 5.74) is 1.32. The first kappa shape index (κ1) is 12.9. The molecule has 20 heavy (non-hydrogen) atoms. The largest absolute Gasteiger partial charge is 0.508 e. The van der Waals surface area contributed by atoms with Gasteiger partial charge in [0, 0.05) is 0 Å². The lowest BCUT2D eigenvalue weighted by Gasteiger charge is -2.02. The van der Waals surface area contributed by atoms with Crippen LogP contribution in [0.5, 0.6) is 5.75 Å². The van der Waals surface area contributed by atoms with Crippen molar-refractivity contribution < 1.29 is 19.7 Å². The molecule has 0 amide bonds. The molecular formula is C13H12N2O4S. The van der Waals surface area contributed by atoms with E-state index in [4.69, 9.17) is 4.74 Å². The number of benzene rings is 1. The number of phenolic OH excluding ortho intramolecular Hbond substituents is 1. The lowest BCUT2D eigenvalue weighted by molar-refractivity contribution is 0.0516. The molecule has 0 fully saturated rings. The van der Waals surface area contributed by atoms with Gasteiger partial charge in [-0.05, 0) is 25.1 Å². The maximum atomic E-state index is 11.8. The summed E-state index contributed by atoms with van der Waals surface area (Å²) in [6.07, 6.45) is 0. The highest BCUT2D eigenvalue weighted by atomic mass is 32.1. The number of imidazole rings is 1. The lowest BCUT2D eigenvalue weighted by Crippen LogP contribution is -2.09. The minimum Gasteiger partial charge on any atom is -0.508 e. The van der Waals surface area contributed by atoms with Crippen LogP contribution in [0.25, 0.3) is 15.2 Å². The zero-order valence-electron chi connectivity index (χ0n) is 10.7. The fourth-order valence-corrected chi connectivity index (χ4v) is 3.20. The average molecular weight is 292 g/mol. The van der Waals surface area contributed by atoms with Crippen molar-refractivity contribution in [3.05, 3.63) is 29.6 Å². The van der Waals surface area contributed by atoms with Crippen LogP contribution in [-0.4, -0.2) is 32.2 Å². The van der Waals surface area contributed by atoms with Gasteiger partial charge in [0.15, 0.2) is 10.7 Å². The van der Waals surface area contributed by atoms with E-state index in [0.29, 0.717) is 10.7 Å². The van der Waals surface area contributed by atoms with Crippen LogP contribution in [0.15, 0.2) is 18.2 Å². The minimum absolute atomic E-state index is 0.135. The Morgan fingerprint density at radius 1 is 1.50 bits per heavy atom. The van der Waals surface area contributed by atoms with Crippen molar-refractivity contribution in [2.45, 2.75) is 13.5 Å². The fourth-order valence-electron chi connectivity index (χ4n) is 2.12. The Hall–Kier alpha value is -2.12. The van der Waals surface area contributed by atoms with Crippen LogP contribution in [0.3, 0.4) is 0 Å². The third kappa shape index (κ3) is 1.83. The summed E-state index contributed by atoms with van der Waals surface area (Å²) in [7, 11) is 0. The number of rotatable bonds is 3. The van der Waals surface area contributed by atoms with Crippen LogP contribution in [0, 0.1) is 0 Å². The molecule has 0 aliphatic rings. The van der Waals surface area contributed by atoms with E-state index >= 15 is 0 Å². The summed E-state index contributed by atoms with van der Waals surface area (Å²) in [6.45, 7) is 1.65. The van der Waals surface area contributed by atoms with E-state index in [-0.39, 0.29) is 24.7 Å². The summed E-state index contributed by atoms with van der Waals surface area (Å²) in [5.74, 6) is -0.377. The summed E-state index contributed by atoms with van der Waals surface area (Å²) < 4.78 is 7.48. The number of aromatic hydroxyl groups is 1. The van der Waals surface area contributed by atoms with E-state index in [0.717, 1.165) is 10.2 Å². The number of aliphatic hydroxyl groups is 1. The molecule has 0 radical (unpaired) electrons. The van der Waals surface area contributed by atoms with Crippen LogP contribution < -0.4 is 0 Å². The van der Waals surface area contributed by atoms with Gasteiger partial charge >= 0.3 is 5.97 Å². The Labute approximate surface area is 117 Å². The number of esters is 1. The van der Waals surface area contributed by atoms with Gasteiger partial charge in [-0.15, -0.1) is 0 Å². The number of hydrogen-bond donors (Lipinski definition) is 2. The van der Waals surface area contributed by atoms with Crippen LogP contribution >= 0.6 is 11.3 Å². The first-order chi connectivity index (χ1) is 9.65. The van der Waals surface area contributed by atoms with E-state index in [1.807, 2.05) is 0 Å². The number of phenols is 1. The molecule has 2 N–H and O–H groups in total. The topological polar surface area (TPSA) is 84.1 Å². The predicted molar refractivity (Wildman–Crippen MR) is 74.1 cm³/mol. The molecule has 2 aromatic heterocycles. The van der Waals surface area contributed by atoms with Crippen molar-refractivity contribution in [1.29, 1.82) is 0 Å². The van der Waals surface area contributed by atoms with Crippen LogP contribution in [0.4, 0.5) is 0 Å². The molecule has 0 aliphatic carbocycles. The molecule has 0 saturated carbocycles. The maximum absolute atomic E-state index is 11.8. The molecule has 2 heterocycles. The molecular weight excluding hydrogens is 280 g/mol. The predicted octanol–water partition coefficient (Wildman–Crippen LogP) is 1.92. The van der Waals surface area contributed by atoms with E-state index in [1.54, 1.807) is 29.5 Å². The second-order valence-electron chi connectivity index (χ2n) is 4.16. The number of hydrogen-bond acceptors (Lipinski definition) is 6. The van der Waals surface area contributed by atoms with Crippen molar-refractivity contribution in [2.24, 2.45) is 0 Å². The van der Waals surface area contributed by atoms with Crippen LogP contribution in [-0.2, 0) is 11.3 Å². The zero-order valence-corrected chi connectivity index (χ0v) is 11.5. The van der Waals surface area contributed by atoms with Gasteiger partial charge in [-0.2, -0.15) is 0 Å². The van der Waals surface area contributed by atoms with Gasteiger partial charge in [0.1, 0.15) is 5.75 Å². The smallest absolute Gasteiger partial charge is 0.358 e. The van der Waals surface area contributed by atoms with Gasteiger partial charge in [0.05, 0.1) is 29.1 Å². The Kier molecular flexibility index (Phi) is 3.07. The quantitative estimate of drug-likeness (QED) is 0.721. The zero-order chi connectivity index (χ0) is 14.3. The lowest BCUT2D eigenvalue weighted by atomic mass is 10.3. The molecule has 3 rings (SSSR count). The highest BCUT2D eigenvalue weighted by Crippen LogP contribution is 2.31. The van der Waals surface area contributed by atoms with Gasteiger partial charge < -0.3 is 14.9 Å². The number of thiazole rings is 1. The van der Waals surface area contributed by atoms with E-state index in [2.05, 4.69) is 4.98 Å². The standard InChI is InChI=1S/C13H12N2O4S/c1-2-19-12(18)11-9(6-16)15-8-4-3-7(17)5-10(8)20-13(15)14-11/h3-5,16-17H,2,6H2,1H3. The van der Waals surface area contributed by atoms with Crippen molar-refractivity contribution in [3.63, 3.8) is 0 Å². The molecule has 0 saturated heterocycles. The second-order valence-corrected chi connectivity index (χ2v) is 5.17. The molecule has 6 nitrogen and oxygen atoms in total. The van der Waals surface area contributed by atoms with Gasteiger partial charge in [0.2, 0.25) is 0 Å². The Morgan fingerprint density at radius 3 is 3.00 bits per heavy atom. The number of aromatic nitrogens is 2. The number of aliphatic hydroxyl groups excluding tert-OH is 1. The number of nitrogens with zero attached hydrogens (tertiary/aromatic N) is 2. The second kappa shape index (κ2) is 4.77. The van der Waals surface area contributed by atoms with Crippen molar-refractivity contribution in [2.75, 3.05) is 6.61 Å². The Bertz CT molecular complexity index is 806. The van der Waals surface area contributed by atoms with Gasteiger partial charge in [0.25, 0.3) is 0 Å². The molecule has 7 heteroatoms. The molecule has 104 valence electrons. The Morgan fingerprint density at radius 2 is 2.30 bits per heavy atom. The molecule has 0 atom stereocenters. The van der Waals surface area contributed by atoms with Crippen LogP contribution in [0.2, 0.25) is 0 Å². The summed E-state index contributed by atoms with van der Waals surface area (Å²) in [6, 6.07) is 4.91. The summed E-state index contributed by atoms with van der Waals surface area (Å²) in [4.78, 5) is 16.7. The molecule has 0 aliphatic heterocycles. The monoisotopic (exact) mass is 292 g/mol. The number of fused-ring (bicyclic) bond motifs is 3.